The van der Waals surface area contributed by atoms with Gasteiger partial charge in [-0.1, -0.05) is 32.4 Å². The number of carbonyl (C=O) groups is 2. The van der Waals surface area contributed by atoms with Crippen molar-refractivity contribution in [1.82, 2.24) is 5.32 Å². The van der Waals surface area contributed by atoms with Crippen LogP contribution in [0.3, 0.4) is 0 Å². The smallest absolute Gasteiger partial charge is 0.328 e. The summed E-state index contributed by atoms with van der Waals surface area (Å²) in [4.78, 5) is 24.1. The van der Waals surface area contributed by atoms with Crippen molar-refractivity contribution in [3.05, 3.63) is 29.8 Å². The second kappa shape index (κ2) is 8.79. The van der Waals surface area contributed by atoms with E-state index in [-0.39, 0.29) is 5.92 Å². The molecule has 0 spiro atoms. The summed E-state index contributed by atoms with van der Waals surface area (Å²) in [6.07, 6.45) is -0.132. The molecule has 0 aliphatic carbocycles. The van der Waals surface area contributed by atoms with Crippen molar-refractivity contribution in [2.24, 2.45) is 5.92 Å². The largest absolute Gasteiger partial charge is 0.480 e. The van der Waals surface area contributed by atoms with Gasteiger partial charge in [-0.2, -0.15) is 5.26 Å². The molecule has 0 aromatic heterocycles. The number of carbonyl (C=O) groups excluding carboxylic acids is 2. The van der Waals surface area contributed by atoms with Crippen LogP contribution in [0.5, 0.6) is 5.75 Å². The van der Waals surface area contributed by atoms with Crippen LogP contribution >= 0.6 is 0 Å². The van der Waals surface area contributed by atoms with Crippen LogP contribution in [0.25, 0.3) is 0 Å². The fraction of sp³-hybridized carbons (Fsp3) is 0.471. The fourth-order valence-electron chi connectivity index (χ4n) is 1.97. The summed E-state index contributed by atoms with van der Waals surface area (Å²) in [6, 6.07) is 7.94. The maximum atomic E-state index is 12.3. The number of hydrogen-bond acceptors (Lipinski definition) is 5. The molecule has 3 atom stereocenters. The van der Waals surface area contributed by atoms with Gasteiger partial charge in [0.15, 0.2) is 6.10 Å². The molecule has 0 radical (unpaired) electrons. The highest BCUT2D eigenvalue weighted by molar-refractivity contribution is 5.87. The third-order valence-electron chi connectivity index (χ3n) is 3.65. The van der Waals surface area contributed by atoms with Gasteiger partial charge in [0, 0.05) is 0 Å². The Bertz CT molecular complexity index is 595. The molecule has 1 aromatic carbocycles. The Morgan fingerprint density at radius 1 is 1.30 bits per heavy atom. The Balaban J connectivity index is 2.79. The van der Waals surface area contributed by atoms with Gasteiger partial charge < -0.3 is 14.8 Å². The lowest BCUT2D eigenvalue weighted by Gasteiger charge is -2.24. The van der Waals surface area contributed by atoms with Crippen LogP contribution in [0.1, 0.15) is 32.8 Å². The lowest BCUT2D eigenvalue weighted by molar-refractivity contribution is -0.147. The molecule has 1 aromatic rings. The van der Waals surface area contributed by atoms with Gasteiger partial charge in [0.05, 0.1) is 12.7 Å². The molecule has 0 bridgehead atoms. The van der Waals surface area contributed by atoms with Crippen molar-refractivity contribution in [2.75, 3.05) is 7.11 Å². The van der Waals surface area contributed by atoms with Gasteiger partial charge in [0.25, 0.3) is 5.91 Å². The minimum absolute atomic E-state index is 0.0648. The molecule has 0 aliphatic heterocycles. The average Bonchev–Trinajstić information content (AvgIpc) is 2.58. The number of methoxy groups -OCH3 is 1. The zero-order valence-electron chi connectivity index (χ0n) is 13.8. The molecule has 6 heteroatoms. The van der Waals surface area contributed by atoms with Crippen LogP contribution < -0.4 is 10.1 Å². The van der Waals surface area contributed by atoms with Crippen LogP contribution in [0, 0.1) is 17.2 Å². The molecule has 1 rings (SSSR count). The number of esters is 1. The van der Waals surface area contributed by atoms with Crippen molar-refractivity contribution >= 4 is 11.9 Å². The molecule has 0 fully saturated rings. The van der Waals surface area contributed by atoms with Crippen LogP contribution in [0.15, 0.2) is 24.3 Å². The number of hydrogen-bond donors (Lipinski definition) is 1. The highest BCUT2D eigenvalue weighted by Crippen LogP contribution is 2.18. The van der Waals surface area contributed by atoms with Gasteiger partial charge in [0.1, 0.15) is 17.9 Å². The van der Waals surface area contributed by atoms with E-state index in [0.29, 0.717) is 17.7 Å². The van der Waals surface area contributed by atoms with E-state index in [1.165, 1.54) is 7.11 Å². The topological polar surface area (TPSA) is 88.4 Å². The molecule has 0 heterocycles. The first kappa shape index (κ1) is 18.5. The molecular weight excluding hydrogens is 296 g/mol. The van der Waals surface area contributed by atoms with E-state index in [0.717, 1.165) is 0 Å². The van der Waals surface area contributed by atoms with Crippen molar-refractivity contribution in [3.63, 3.8) is 0 Å². The summed E-state index contributed by atoms with van der Waals surface area (Å²) >= 11 is 0. The Labute approximate surface area is 136 Å². The summed E-state index contributed by atoms with van der Waals surface area (Å²) in [6.45, 7) is 5.35. The number of rotatable bonds is 7. The Kier molecular flexibility index (Phi) is 7.07. The molecule has 0 aliphatic rings. The SMILES string of the molecule is CC[C@H](C)[C@H](NC(=O)[C@@H](C)Oc1ccccc1C#N)C(=O)OC. The van der Waals surface area contributed by atoms with Gasteiger partial charge in [-0.3, -0.25) is 4.79 Å². The number of amides is 1. The van der Waals surface area contributed by atoms with Gasteiger partial charge in [-0.15, -0.1) is 0 Å². The van der Waals surface area contributed by atoms with Gasteiger partial charge in [-0.05, 0) is 25.0 Å². The first-order chi connectivity index (χ1) is 10.9. The number of ether oxygens (including phenoxy) is 2. The molecule has 23 heavy (non-hydrogen) atoms. The summed E-state index contributed by atoms with van der Waals surface area (Å²) < 4.78 is 10.3. The molecule has 1 N–H and O–H groups in total. The van der Waals surface area contributed by atoms with Crippen LogP contribution in [0.2, 0.25) is 0 Å². The van der Waals surface area contributed by atoms with Crippen molar-refractivity contribution in [1.29, 1.82) is 5.26 Å². The normalized spacial score (nSPS) is 14.0. The number of para-hydroxylation sites is 1. The van der Waals surface area contributed by atoms with Gasteiger partial charge in [-0.25, -0.2) is 4.79 Å². The minimum Gasteiger partial charge on any atom is -0.480 e. The van der Waals surface area contributed by atoms with Crippen LogP contribution in [-0.4, -0.2) is 31.1 Å². The van der Waals surface area contributed by atoms with Gasteiger partial charge >= 0.3 is 5.97 Å². The van der Waals surface area contributed by atoms with Crippen molar-refractivity contribution < 1.29 is 19.1 Å². The van der Waals surface area contributed by atoms with E-state index < -0.39 is 24.0 Å². The highest BCUT2D eigenvalue weighted by atomic mass is 16.5. The van der Waals surface area contributed by atoms with E-state index in [2.05, 4.69) is 5.32 Å². The van der Waals surface area contributed by atoms with E-state index in [4.69, 9.17) is 14.7 Å². The monoisotopic (exact) mass is 318 g/mol. The number of nitrogens with zero attached hydrogens (tertiary/aromatic N) is 1. The van der Waals surface area contributed by atoms with Crippen LogP contribution in [-0.2, 0) is 14.3 Å². The summed E-state index contributed by atoms with van der Waals surface area (Å²) in [5.41, 5.74) is 0.346. The lowest BCUT2D eigenvalue weighted by Crippen LogP contribution is -2.49. The Morgan fingerprint density at radius 2 is 1.96 bits per heavy atom. The molecule has 0 unspecified atom stereocenters. The predicted molar refractivity (Wildman–Crippen MR) is 84.6 cm³/mol. The van der Waals surface area contributed by atoms with Gasteiger partial charge in [0.2, 0.25) is 0 Å². The first-order valence-corrected chi connectivity index (χ1v) is 7.48. The standard InChI is InChI=1S/C17H22N2O4/c1-5-11(2)15(17(21)22-4)19-16(20)12(3)23-14-9-7-6-8-13(14)10-18/h6-9,11-12,15H,5H2,1-4H3,(H,19,20)/t11-,12+,15-/m0/s1. The maximum absolute atomic E-state index is 12.3. The minimum atomic E-state index is -0.847. The van der Waals surface area contributed by atoms with E-state index in [9.17, 15) is 9.59 Å². The van der Waals surface area contributed by atoms with Crippen molar-refractivity contribution in [2.45, 2.75) is 39.3 Å². The summed E-state index contributed by atoms with van der Waals surface area (Å²) in [7, 11) is 1.28. The molecule has 1 amide bonds. The van der Waals surface area contributed by atoms with Crippen LogP contribution in [0.4, 0.5) is 0 Å². The van der Waals surface area contributed by atoms with E-state index in [1.807, 2.05) is 19.9 Å². The van der Waals surface area contributed by atoms with E-state index >= 15 is 0 Å². The third kappa shape index (κ3) is 4.99. The number of nitrogens with one attached hydrogen (secondary N) is 1. The molecule has 124 valence electrons. The zero-order valence-corrected chi connectivity index (χ0v) is 13.8. The average molecular weight is 318 g/mol. The highest BCUT2D eigenvalue weighted by Gasteiger charge is 2.29. The predicted octanol–water partition coefficient (Wildman–Crippen LogP) is 2.03. The first-order valence-electron chi connectivity index (χ1n) is 7.48. The van der Waals surface area contributed by atoms with E-state index in [1.54, 1.807) is 31.2 Å². The molecule has 0 saturated heterocycles. The quantitative estimate of drug-likeness (QED) is 0.777. The second-order valence-corrected chi connectivity index (χ2v) is 5.26. The summed E-state index contributed by atoms with van der Waals surface area (Å²) in [5.74, 6) is -0.661. The fourth-order valence-corrected chi connectivity index (χ4v) is 1.97. The number of nitriles is 1. The zero-order chi connectivity index (χ0) is 17.4. The molecular formula is C17H22N2O4. The Hall–Kier alpha value is -2.55. The Morgan fingerprint density at radius 3 is 2.52 bits per heavy atom. The molecule has 0 saturated carbocycles. The number of benzene rings is 1. The van der Waals surface area contributed by atoms with Crippen molar-refractivity contribution in [3.8, 4) is 11.8 Å². The molecule has 6 nitrogen and oxygen atoms in total. The third-order valence-corrected chi connectivity index (χ3v) is 3.65. The summed E-state index contributed by atoms with van der Waals surface area (Å²) in [5, 5.41) is 11.7. The maximum Gasteiger partial charge on any atom is 0.328 e. The second-order valence-electron chi connectivity index (χ2n) is 5.26. The lowest BCUT2D eigenvalue weighted by atomic mass is 9.99.